The van der Waals surface area contributed by atoms with Crippen molar-refractivity contribution in [2.24, 2.45) is 5.92 Å². The standard InChI is InChI=1S/C14H24N2O/c1-4-12(5-2)10-17-11-14-9-13(15-6-3)7-8-16-14/h7-9,12H,4-6,10-11H2,1-3H3,(H,15,16). The first-order chi connectivity index (χ1) is 8.30. The normalized spacial score (nSPS) is 10.8. The zero-order valence-corrected chi connectivity index (χ0v) is 11.2. The fourth-order valence-corrected chi connectivity index (χ4v) is 1.73. The molecule has 96 valence electrons. The van der Waals surface area contributed by atoms with E-state index in [1.54, 1.807) is 0 Å². The molecule has 0 radical (unpaired) electrons. The first-order valence-corrected chi connectivity index (χ1v) is 6.56. The molecule has 0 atom stereocenters. The van der Waals surface area contributed by atoms with Gasteiger partial charge in [-0.3, -0.25) is 4.98 Å². The van der Waals surface area contributed by atoms with Crippen LogP contribution >= 0.6 is 0 Å². The number of hydrogen-bond acceptors (Lipinski definition) is 3. The highest BCUT2D eigenvalue weighted by molar-refractivity contribution is 5.42. The summed E-state index contributed by atoms with van der Waals surface area (Å²) in [7, 11) is 0. The van der Waals surface area contributed by atoms with Crippen LogP contribution in [0, 0.1) is 5.92 Å². The van der Waals surface area contributed by atoms with Gasteiger partial charge in [0.15, 0.2) is 0 Å². The highest BCUT2D eigenvalue weighted by atomic mass is 16.5. The molecule has 0 aliphatic carbocycles. The SMILES string of the molecule is CCNc1ccnc(COCC(CC)CC)c1. The number of ether oxygens (including phenoxy) is 1. The van der Waals surface area contributed by atoms with Gasteiger partial charge in [-0.15, -0.1) is 0 Å². The smallest absolute Gasteiger partial charge is 0.0888 e. The number of hydrogen-bond donors (Lipinski definition) is 1. The zero-order chi connectivity index (χ0) is 12.5. The molecule has 0 unspecified atom stereocenters. The molecule has 3 nitrogen and oxygen atoms in total. The Hall–Kier alpha value is -1.09. The summed E-state index contributed by atoms with van der Waals surface area (Å²) in [5, 5.41) is 3.27. The Morgan fingerprint density at radius 2 is 2.06 bits per heavy atom. The highest BCUT2D eigenvalue weighted by Gasteiger charge is 2.04. The predicted octanol–water partition coefficient (Wildman–Crippen LogP) is 3.47. The molecule has 0 aromatic carbocycles. The molecule has 1 rings (SSSR count). The number of nitrogens with zero attached hydrogens (tertiary/aromatic N) is 1. The minimum Gasteiger partial charge on any atom is -0.385 e. The van der Waals surface area contributed by atoms with Crippen molar-refractivity contribution in [3.05, 3.63) is 24.0 Å². The van der Waals surface area contributed by atoms with Crippen LogP contribution in [0.5, 0.6) is 0 Å². The summed E-state index contributed by atoms with van der Waals surface area (Å²) in [4.78, 5) is 4.31. The Morgan fingerprint density at radius 3 is 2.71 bits per heavy atom. The summed E-state index contributed by atoms with van der Waals surface area (Å²) in [6.07, 6.45) is 4.19. The summed E-state index contributed by atoms with van der Waals surface area (Å²) in [5.74, 6) is 0.673. The van der Waals surface area contributed by atoms with Gasteiger partial charge < -0.3 is 10.1 Å². The lowest BCUT2D eigenvalue weighted by Crippen LogP contribution is -2.08. The van der Waals surface area contributed by atoms with Crippen molar-refractivity contribution in [1.82, 2.24) is 4.98 Å². The summed E-state index contributed by atoms with van der Waals surface area (Å²) >= 11 is 0. The monoisotopic (exact) mass is 236 g/mol. The van der Waals surface area contributed by atoms with Gasteiger partial charge in [0.1, 0.15) is 0 Å². The summed E-state index contributed by atoms with van der Waals surface area (Å²) in [6, 6.07) is 4.03. The van der Waals surface area contributed by atoms with Crippen LogP contribution in [-0.2, 0) is 11.3 Å². The molecule has 1 heterocycles. The molecule has 0 spiro atoms. The third kappa shape index (κ3) is 5.18. The van der Waals surface area contributed by atoms with E-state index in [0.717, 1.165) is 24.5 Å². The molecule has 0 amide bonds. The van der Waals surface area contributed by atoms with Crippen LogP contribution in [0.2, 0.25) is 0 Å². The Kier molecular flexibility index (Phi) is 6.63. The van der Waals surface area contributed by atoms with Crippen molar-refractivity contribution >= 4 is 5.69 Å². The lowest BCUT2D eigenvalue weighted by atomic mass is 10.1. The molecular weight excluding hydrogens is 212 g/mol. The molecule has 17 heavy (non-hydrogen) atoms. The van der Waals surface area contributed by atoms with Crippen LogP contribution < -0.4 is 5.32 Å². The van der Waals surface area contributed by atoms with E-state index in [2.05, 4.69) is 37.1 Å². The summed E-state index contributed by atoms with van der Waals surface area (Å²) in [5.41, 5.74) is 2.11. The van der Waals surface area contributed by atoms with E-state index in [4.69, 9.17) is 4.74 Å². The van der Waals surface area contributed by atoms with E-state index in [1.165, 1.54) is 12.8 Å². The number of nitrogens with one attached hydrogen (secondary N) is 1. The molecule has 3 heteroatoms. The number of pyridine rings is 1. The molecule has 0 bridgehead atoms. The Morgan fingerprint density at radius 1 is 1.29 bits per heavy atom. The van der Waals surface area contributed by atoms with Crippen LogP contribution in [0.15, 0.2) is 18.3 Å². The number of rotatable bonds is 8. The maximum absolute atomic E-state index is 5.71. The van der Waals surface area contributed by atoms with Crippen molar-refractivity contribution in [3.63, 3.8) is 0 Å². The maximum Gasteiger partial charge on any atom is 0.0888 e. The van der Waals surface area contributed by atoms with Crippen molar-refractivity contribution in [3.8, 4) is 0 Å². The minimum atomic E-state index is 0.607. The second-order valence-electron chi connectivity index (χ2n) is 4.26. The Labute approximate surface area is 105 Å². The number of anilines is 1. The highest BCUT2D eigenvalue weighted by Crippen LogP contribution is 2.11. The van der Waals surface area contributed by atoms with Crippen LogP contribution in [0.3, 0.4) is 0 Å². The average Bonchev–Trinajstić information content (AvgIpc) is 2.36. The van der Waals surface area contributed by atoms with Gasteiger partial charge in [-0.05, 0) is 25.0 Å². The third-order valence-corrected chi connectivity index (χ3v) is 2.96. The van der Waals surface area contributed by atoms with Gasteiger partial charge >= 0.3 is 0 Å². The van der Waals surface area contributed by atoms with Gasteiger partial charge in [-0.25, -0.2) is 0 Å². The van der Waals surface area contributed by atoms with Gasteiger partial charge in [-0.1, -0.05) is 26.7 Å². The molecule has 1 N–H and O–H groups in total. The number of aromatic nitrogens is 1. The van der Waals surface area contributed by atoms with E-state index in [0.29, 0.717) is 12.5 Å². The van der Waals surface area contributed by atoms with E-state index < -0.39 is 0 Å². The third-order valence-electron chi connectivity index (χ3n) is 2.96. The Bertz CT molecular complexity index is 311. The minimum absolute atomic E-state index is 0.607. The lowest BCUT2D eigenvalue weighted by molar-refractivity contribution is 0.0823. The molecular formula is C14H24N2O. The second-order valence-corrected chi connectivity index (χ2v) is 4.26. The average molecular weight is 236 g/mol. The molecule has 0 aliphatic heterocycles. The molecule has 0 saturated heterocycles. The van der Waals surface area contributed by atoms with Crippen LogP contribution in [0.1, 0.15) is 39.3 Å². The van der Waals surface area contributed by atoms with Gasteiger partial charge in [0.05, 0.1) is 12.3 Å². The van der Waals surface area contributed by atoms with Crippen molar-refractivity contribution in [1.29, 1.82) is 0 Å². The lowest BCUT2D eigenvalue weighted by Gasteiger charge is -2.12. The Balaban J connectivity index is 2.38. The van der Waals surface area contributed by atoms with E-state index >= 15 is 0 Å². The topological polar surface area (TPSA) is 34.2 Å². The molecule has 0 fully saturated rings. The zero-order valence-electron chi connectivity index (χ0n) is 11.2. The van der Waals surface area contributed by atoms with E-state index in [1.807, 2.05) is 12.3 Å². The van der Waals surface area contributed by atoms with Crippen LogP contribution in [-0.4, -0.2) is 18.1 Å². The molecule has 1 aromatic rings. The first-order valence-electron chi connectivity index (χ1n) is 6.56. The fraction of sp³-hybridized carbons (Fsp3) is 0.643. The van der Waals surface area contributed by atoms with Crippen molar-refractivity contribution in [2.75, 3.05) is 18.5 Å². The van der Waals surface area contributed by atoms with Crippen LogP contribution in [0.25, 0.3) is 0 Å². The van der Waals surface area contributed by atoms with E-state index in [9.17, 15) is 0 Å². The van der Waals surface area contributed by atoms with Gasteiger partial charge in [0, 0.05) is 25.0 Å². The van der Waals surface area contributed by atoms with Gasteiger partial charge in [0.25, 0.3) is 0 Å². The maximum atomic E-state index is 5.71. The first kappa shape index (κ1) is 14.0. The predicted molar refractivity (Wildman–Crippen MR) is 72.1 cm³/mol. The van der Waals surface area contributed by atoms with E-state index in [-0.39, 0.29) is 0 Å². The second kappa shape index (κ2) is 8.07. The summed E-state index contributed by atoms with van der Waals surface area (Å²) in [6.45, 7) is 8.88. The molecule has 0 saturated carbocycles. The van der Waals surface area contributed by atoms with Crippen molar-refractivity contribution in [2.45, 2.75) is 40.2 Å². The van der Waals surface area contributed by atoms with Gasteiger partial charge in [-0.2, -0.15) is 0 Å². The van der Waals surface area contributed by atoms with Crippen molar-refractivity contribution < 1.29 is 4.74 Å². The summed E-state index contributed by atoms with van der Waals surface area (Å²) < 4.78 is 5.71. The largest absolute Gasteiger partial charge is 0.385 e. The van der Waals surface area contributed by atoms with Gasteiger partial charge in [0.2, 0.25) is 0 Å². The quantitative estimate of drug-likeness (QED) is 0.750. The van der Waals surface area contributed by atoms with Crippen LogP contribution in [0.4, 0.5) is 5.69 Å². The molecule has 0 aliphatic rings. The molecule has 1 aromatic heterocycles. The fourth-order valence-electron chi connectivity index (χ4n) is 1.73.